The summed E-state index contributed by atoms with van der Waals surface area (Å²) in [6, 6.07) is 4.85. The van der Waals surface area contributed by atoms with Gasteiger partial charge in [0.2, 0.25) is 5.91 Å². The Hall–Kier alpha value is -1.09. The van der Waals surface area contributed by atoms with Gasteiger partial charge in [0, 0.05) is 41.6 Å². The van der Waals surface area contributed by atoms with Crippen LogP contribution < -0.4 is 16.0 Å². The average Bonchev–Trinajstić information content (AvgIpc) is 2.54. The fourth-order valence-corrected chi connectivity index (χ4v) is 3.29. The Morgan fingerprint density at radius 3 is 2.77 bits per heavy atom. The molecular weight excluding hydrogens is 470 g/mol. The molecule has 5 nitrogen and oxygen atoms in total. The topological polar surface area (TPSA) is 65.5 Å². The third-order valence-electron chi connectivity index (χ3n) is 4.22. The molecule has 146 valence electrons. The number of carbonyl (C=O) groups is 1. The Kier molecular flexibility index (Phi) is 9.09. The van der Waals surface area contributed by atoms with Crippen molar-refractivity contribution in [2.75, 3.05) is 19.6 Å². The van der Waals surface area contributed by atoms with Crippen LogP contribution in [0, 0.1) is 5.82 Å². The third kappa shape index (κ3) is 6.26. The molecule has 1 aliphatic rings. The van der Waals surface area contributed by atoms with E-state index in [1.165, 1.54) is 6.07 Å². The summed E-state index contributed by atoms with van der Waals surface area (Å²) in [5.74, 6) is 0.417. The number of nitrogens with zero attached hydrogens (tertiary/aromatic N) is 1. The van der Waals surface area contributed by atoms with Gasteiger partial charge in [-0.2, -0.15) is 0 Å². The van der Waals surface area contributed by atoms with Crippen molar-refractivity contribution in [2.45, 2.75) is 45.1 Å². The molecule has 1 aliphatic heterocycles. The van der Waals surface area contributed by atoms with Crippen LogP contribution in [0.4, 0.5) is 4.39 Å². The van der Waals surface area contributed by atoms with Gasteiger partial charge in [0.05, 0.1) is 6.54 Å². The molecule has 1 saturated heterocycles. The smallest absolute Gasteiger partial charge is 0.220 e. The molecule has 0 aromatic heterocycles. The van der Waals surface area contributed by atoms with Gasteiger partial charge in [-0.1, -0.05) is 31.5 Å². The van der Waals surface area contributed by atoms with E-state index >= 15 is 0 Å². The van der Waals surface area contributed by atoms with Crippen LogP contribution in [0.25, 0.3) is 0 Å². The van der Waals surface area contributed by atoms with E-state index in [0.717, 1.165) is 6.42 Å². The van der Waals surface area contributed by atoms with Crippen molar-refractivity contribution in [3.8, 4) is 0 Å². The predicted octanol–water partition coefficient (Wildman–Crippen LogP) is 3.21. The maximum atomic E-state index is 14.2. The number of aliphatic imine (C=N–C) groups is 1. The van der Waals surface area contributed by atoms with Crippen molar-refractivity contribution >= 4 is 47.4 Å². The number of hydrogen-bond acceptors (Lipinski definition) is 2. The lowest BCUT2D eigenvalue weighted by atomic mass is 9.84. The molecular formula is C18H27ClFIN4O. The highest BCUT2D eigenvalue weighted by Gasteiger charge is 2.27. The molecule has 0 aliphatic carbocycles. The summed E-state index contributed by atoms with van der Waals surface area (Å²) in [6.45, 7) is 7.49. The first-order valence-electron chi connectivity index (χ1n) is 8.59. The average molecular weight is 497 g/mol. The first-order chi connectivity index (χ1) is 11.8. The molecule has 1 aromatic rings. The molecule has 1 unspecified atom stereocenters. The van der Waals surface area contributed by atoms with Gasteiger partial charge < -0.3 is 16.0 Å². The van der Waals surface area contributed by atoms with Crippen LogP contribution >= 0.6 is 35.6 Å². The summed E-state index contributed by atoms with van der Waals surface area (Å²) in [5.41, 5.74) is -0.0767. The first-order valence-corrected chi connectivity index (χ1v) is 8.97. The first kappa shape index (κ1) is 23.0. The number of hydrogen-bond donors (Lipinski definition) is 3. The Morgan fingerprint density at radius 1 is 1.46 bits per heavy atom. The molecule has 8 heteroatoms. The number of benzene rings is 1. The number of piperidine rings is 1. The Labute approximate surface area is 176 Å². The van der Waals surface area contributed by atoms with Gasteiger partial charge in [-0.15, -0.1) is 24.0 Å². The van der Waals surface area contributed by atoms with E-state index in [1.54, 1.807) is 12.1 Å². The van der Waals surface area contributed by atoms with E-state index in [1.807, 2.05) is 20.8 Å². The zero-order valence-electron chi connectivity index (χ0n) is 15.4. The quantitative estimate of drug-likeness (QED) is 0.333. The minimum atomic E-state index is -0.550. The highest BCUT2D eigenvalue weighted by atomic mass is 127. The normalized spacial score (nSPS) is 18.0. The molecule has 1 atom stereocenters. The lowest BCUT2D eigenvalue weighted by Gasteiger charge is -2.28. The maximum absolute atomic E-state index is 14.2. The van der Waals surface area contributed by atoms with E-state index in [0.29, 0.717) is 42.6 Å². The minimum Gasteiger partial charge on any atom is -0.357 e. The zero-order chi connectivity index (χ0) is 18.4. The van der Waals surface area contributed by atoms with Crippen LogP contribution in [0.1, 0.15) is 39.2 Å². The maximum Gasteiger partial charge on any atom is 0.220 e. The second kappa shape index (κ2) is 10.3. The second-order valence-electron chi connectivity index (χ2n) is 6.86. The van der Waals surface area contributed by atoms with E-state index in [-0.39, 0.29) is 41.7 Å². The Bertz CT molecular complexity index is 624. The van der Waals surface area contributed by atoms with Crippen molar-refractivity contribution in [3.63, 3.8) is 0 Å². The SMILES string of the molecule is CCNC(=NCC(C)(C)c1c(F)cccc1Cl)NC1CCC(=O)NC1.I. The summed E-state index contributed by atoms with van der Waals surface area (Å²) < 4.78 is 14.2. The van der Waals surface area contributed by atoms with Crippen molar-refractivity contribution in [3.05, 3.63) is 34.6 Å². The van der Waals surface area contributed by atoms with Crippen molar-refractivity contribution in [1.29, 1.82) is 0 Å². The lowest BCUT2D eigenvalue weighted by molar-refractivity contribution is -0.122. The molecule has 3 N–H and O–H groups in total. The van der Waals surface area contributed by atoms with Crippen molar-refractivity contribution < 1.29 is 9.18 Å². The molecule has 1 fully saturated rings. The van der Waals surface area contributed by atoms with Crippen molar-refractivity contribution in [2.24, 2.45) is 4.99 Å². The summed E-state index contributed by atoms with van der Waals surface area (Å²) in [4.78, 5) is 15.9. The Balaban J connectivity index is 0.00000338. The molecule has 1 heterocycles. The van der Waals surface area contributed by atoms with Crippen LogP contribution in [0.3, 0.4) is 0 Å². The standard InChI is InChI=1S/C18H26ClFN4O.HI/c1-4-21-17(24-12-8-9-15(25)22-10-12)23-11-18(2,3)16-13(19)6-5-7-14(16)20;/h5-7,12H,4,8-11H2,1-3H3,(H,22,25)(H2,21,23,24);1H. The molecule has 0 spiro atoms. The molecule has 1 amide bonds. The number of rotatable bonds is 5. The molecule has 0 bridgehead atoms. The summed E-state index contributed by atoms with van der Waals surface area (Å²) in [6.07, 6.45) is 1.27. The van der Waals surface area contributed by atoms with Gasteiger partial charge in [-0.25, -0.2) is 4.39 Å². The van der Waals surface area contributed by atoms with Gasteiger partial charge in [-0.05, 0) is 25.5 Å². The van der Waals surface area contributed by atoms with Crippen molar-refractivity contribution in [1.82, 2.24) is 16.0 Å². The highest BCUT2D eigenvalue weighted by Crippen LogP contribution is 2.32. The Morgan fingerprint density at radius 2 is 2.19 bits per heavy atom. The second-order valence-corrected chi connectivity index (χ2v) is 7.27. The lowest BCUT2D eigenvalue weighted by Crippen LogP contribution is -2.51. The van der Waals surface area contributed by atoms with Gasteiger partial charge in [0.25, 0.3) is 0 Å². The molecule has 2 rings (SSSR count). The highest BCUT2D eigenvalue weighted by molar-refractivity contribution is 14.0. The van der Waals surface area contributed by atoms with Gasteiger partial charge in [0.15, 0.2) is 5.96 Å². The van der Waals surface area contributed by atoms with Crippen LogP contribution in [0.5, 0.6) is 0 Å². The van der Waals surface area contributed by atoms with Crippen LogP contribution in [-0.4, -0.2) is 37.5 Å². The van der Waals surface area contributed by atoms with E-state index in [9.17, 15) is 9.18 Å². The molecule has 0 saturated carbocycles. The number of halogens is 3. The number of carbonyl (C=O) groups excluding carboxylic acids is 1. The summed E-state index contributed by atoms with van der Waals surface area (Å²) in [5, 5.41) is 9.77. The monoisotopic (exact) mass is 496 g/mol. The van der Waals surface area contributed by atoms with Crippen LogP contribution in [-0.2, 0) is 10.2 Å². The van der Waals surface area contributed by atoms with E-state index in [2.05, 4.69) is 20.9 Å². The van der Waals surface area contributed by atoms with Gasteiger partial charge in [0.1, 0.15) is 5.82 Å². The summed E-state index contributed by atoms with van der Waals surface area (Å²) >= 11 is 6.20. The van der Waals surface area contributed by atoms with Crippen LogP contribution in [0.2, 0.25) is 5.02 Å². The molecule has 1 aromatic carbocycles. The minimum absolute atomic E-state index is 0. The molecule has 0 radical (unpaired) electrons. The van der Waals surface area contributed by atoms with Crippen LogP contribution in [0.15, 0.2) is 23.2 Å². The summed E-state index contributed by atoms with van der Waals surface area (Å²) in [7, 11) is 0. The van der Waals surface area contributed by atoms with E-state index < -0.39 is 5.41 Å². The number of nitrogens with one attached hydrogen (secondary N) is 3. The van der Waals surface area contributed by atoms with E-state index in [4.69, 9.17) is 11.6 Å². The van der Waals surface area contributed by atoms with Gasteiger partial charge in [-0.3, -0.25) is 9.79 Å². The fourth-order valence-electron chi connectivity index (χ4n) is 2.87. The predicted molar refractivity (Wildman–Crippen MR) is 115 cm³/mol. The van der Waals surface area contributed by atoms with Gasteiger partial charge >= 0.3 is 0 Å². The zero-order valence-corrected chi connectivity index (χ0v) is 18.5. The number of guanidine groups is 1. The fraction of sp³-hybridized carbons (Fsp3) is 0.556. The molecule has 26 heavy (non-hydrogen) atoms. The largest absolute Gasteiger partial charge is 0.357 e. The third-order valence-corrected chi connectivity index (χ3v) is 4.54. The number of amides is 1.